The highest BCUT2D eigenvalue weighted by molar-refractivity contribution is 7.91. The van der Waals surface area contributed by atoms with Crippen LogP contribution in [0.25, 0.3) is 17.0 Å². The Morgan fingerprint density at radius 2 is 2.14 bits per heavy atom. The van der Waals surface area contributed by atoms with Crippen molar-refractivity contribution >= 4 is 32.8 Å². The van der Waals surface area contributed by atoms with Gasteiger partial charge in [-0.05, 0) is 24.6 Å². The van der Waals surface area contributed by atoms with E-state index < -0.39 is 9.84 Å². The molecule has 1 aliphatic rings. The van der Waals surface area contributed by atoms with Crippen molar-refractivity contribution in [2.75, 3.05) is 11.5 Å². The van der Waals surface area contributed by atoms with E-state index in [4.69, 9.17) is 4.42 Å². The fourth-order valence-corrected chi connectivity index (χ4v) is 4.07. The Kier molecular flexibility index (Phi) is 3.55. The minimum atomic E-state index is -2.98. The molecule has 0 unspecified atom stereocenters. The third-order valence-corrected chi connectivity index (χ3v) is 5.19. The maximum atomic E-state index is 11.8. The first-order chi connectivity index (χ1) is 10.0. The molecule has 0 radical (unpaired) electrons. The van der Waals surface area contributed by atoms with Crippen molar-refractivity contribution in [3.8, 4) is 0 Å². The highest BCUT2D eigenvalue weighted by Crippen LogP contribution is 2.19. The van der Waals surface area contributed by atoms with Gasteiger partial charge in [0.15, 0.2) is 9.84 Å². The standard InChI is InChI=1S/C15H15NO4S/c17-15(16-12-7-8-21(18,19)10-12)6-5-13-9-11-3-1-2-4-14(11)20-13/h1-6,9,12H,7-8,10H2,(H,16,17)/b6-5+/t12-/m0/s1. The van der Waals surface area contributed by atoms with Crippen LogP contribution in [0.4, 0.5) is 0 Å². The van der Waals surface area contributed by atoms with Gasteiger partial charge >= 0.3 is 0 Å². The summed E-state index contributed by atoms with van der Waals surface area (Å²) in [7, 11) is -2.98. The predicted octanol–water partition coefficient (Wildman–Crippen LogP) is 1.75. The average molecular weight is 305 g/mol. The lowest BCUT2D eigenvalue weighted by Gasteiger charge is -2.07. The number of sulfone groups is 1. The largest absolute Gasteiger partial charge is 0.457 e. The lowest BCUT2D eigenvalue weighted by Crippen LogP contribution is -2.34. The van der Waals surface area contributed by atoms with Crippen molar-refractivity contribution in [3.63, 3.8) is 0 Å². The number of benzene rings is 1. The summed E-state index contributed by atoms with van der Waals surface area (Å²) in [4.78, 5) is 11.8. The molecule has 3 rings (SSSR count). The molecule has 1 fully saturated rings. The molecule has 0 spiro atoms. The first kappa shape index (κ1) is 13.9. The van der Waals surface area contributed by atoms with E-state index in [0.717, 1.165) is 11.0 Å². The molecule has 110 valence electrons. The minimum absolute atomic E-state index is 0.0250. The van der Waals surface area contributed by atoms with Gasteiger partial charge in [0.25, 0.3) is 0 Å². The van der Waals surface area contributed by atoms with E-state index in [1.165, 1.54) is 6.08 Å². The molecular weight excluding hydrogens is 290 g/mol. The van der Waals surface area contributed by atoms with Gasteiger partial charge in [0.2, 0.25) is 5.91 Å². The number of amides is 1. The highest BCUT2D eigenvalue weighted by atomic mass is 32.2. The number of hydrogen-bond donors (Lipinski definition) is 1. The Labute approximate surface area is 122 Å². The minimum Gasteiger partial charge on any atom is -0.457 e. The summed E-state index contributed by atoms with van der Waals surface area (Å²) in [6.07, 6.45) is 3.42. The van der Waals surface area contributed by atoms with E-state index in [1.54, 1.807) is 6.08 Å². The number of carbonyl (C=O) groups is 1. The number of rotatable bonds is 3. The molecule has 1 saturated heterocycles. The smallest absolute Gasteiger partial charge is 0.244 e. The van der Waals surface area contributed by atoms with Crippen LogP contribution in [0.15, 0.2) is 40.8 Å². The van der Waals surface area contributed by atoms with Gasteiger partial charge in [-0.15, -0.1) is 0 Å². The normalized spacial score (nSPS) is 21.0. The van der Waals surface area contributed by atoms with E-state index in [2.05, 4.69) is 5.32 Å². The van der Waals surface area contributed by atoms with Gasteiger partial charge in [-0.1, -0.05) is 18.2 Å². The van der Waals surface area contributed by atoms with Gasteiger partial charge in [-0.3, -0.25) is 4.79 Å². The summed E-state index contributed by atoms with van der Waals surface area (Å²) in [6.45, 7) is 0. The van der Waals surface area contributed by atoms with Crippen LogP contribution in [0.3, 0.4) is 0 Å². The molecule has 1 aliphatic heterocycles. The molecule has 5 nitrogen and oxygen atoms in total. The van der Waals surface area contributed by atoms with Gasteiger partial charge in [-0.25, -0.2) is 8.42 Å². The molecule has 1 aromatic heterocycles. The lowest BCUT2D eigenvalue weighted by molar-refractivity contribution is -0.116. The molecule has 0 saturated carbocycles. The molecule has 2 heterocycles. The maximum absolute atomic E-state index is 11.8. The van der Waals surface area contributed by atoms with E-state index in [1.807, 2.05) is 30.3 Å². The number of carbonyl (C=O) groups excluding carboxylic acids is 1. The van der Waals surface area contributed by atoms with Gasteiger partial charge in [0.05, 0.1) is 11.5 Å². The monoisotopic (exact) mass is 305 g/mol. The molecule has 2 aromatic rings. The van der Waals surface area contributed by atoms with Crippen LogP contribution in [-0.4, -0.2) is 31.9 Å². The molecular formula is C15H15NO4S. The van der Waals surface area contributed by atoms with Gasteiger partial charge in [-0.2, -0.15) is 0 Å². The Balaban J connectivity index is 1.64. The fraction of sp³-hybridized carbons (Fsp3) is 0.267. The Hall–Kier alpha value is -2.08. The summed E-state index contributed by atoms with van der Waals surface area (Å²) in [6, 6.07) is 9.14. The fourth-order valence-electron chi connectivity index (χ4n) is 2.40. The van der Waals surface area contributed by atoms with Crippen LogP contribution in [0.2, 0.25) is 0 Å². The van der Waals surface area contributed by atoms with Crippen LogP contribution in [-0.2, 0) is 14.6 Å². The summed E-state index contributed by atoms with van der Waals surface area (Å²) in [5.74, 6) is 0.450. The summed E-state index contributed by atoms with van der Waals surface area (Å²) in [5, 5.41) is 3.66. The maximum Gasteiger partial charge on any atom is 0.244 e. The van der Waals surface area contributed by atoms with Crippen LogP contribution in [0.5, 0.6) is 0 Å². The number of nitrogens with one attached hydrogen (secondary N) is 1. The molecule has 1 aromatic carbocycles. The lowest BCUT2D eigenvalue weighted by atomic mass is 10.2. The number of furan rings is 1. The van der Waals surface area contributed by atoms with Crippen molar-refractivity contribution in [2.45, 2.75) is 12.5 Å². The third kappa shape index (κ3) is 3.33. The highest BCUT2D eigenvalue weighted by Gasteiger charge is 2.28. The Bertz CT molecular complexity index is 771. The molecule has 1 amide bonds. The number of para-hydroxylation sites is 1. The molecule has 6 heteroatoms. The molecule has 1 atom stereocenters. The number of fused-ring (bicyclic) bond motifs is 1. The summed E-state index contributed by atoms with van der Waals surface area (Å²) < 4.78 is 28.2. The summed E-state index contributed by atoms with van der Waals surface area (Å²) in [5.41, 5.74) is 0.763. The van der Waals surface area contributed by atoms with Crippen LogP contribution in [0, 0.1) is 0 Å². The average Bonchev–Trinajstić information content (AvgIpc) is 2.99. The quantitative estimate of drug-likeness (QED) is 0.877. The molecule has 0 aliphatic carbocycles. The van der Waals surface area contributed by atoms with E-state index in [9.17, 15) is 13.2 Å². The Morgan fingerprint density at radius 1 is 1.33 bits per heavy atom. The van der Waals surface area contributed by atoms with Crippen molar-refractivity contribution in [3.05, 3.63) is 42.2 Å². The van der Waals surface area contributed by atoms with E-state index in [0.29, 0.717) is 12.2 Å². The zero-order valence-electron chi connectivity index (χ0n) is 11.3. The SMILES string of the molecule is O=C(/C=C/c1cc2ccccc2o1)N[C@H]1CCS(=O)(=O)C1. The van der Waals surface area contributed by atoms with Crippen molar-refractivity contribution in [1.82, 2.24) is 5.32 Å². The first-order valence-corrected chi connectivity index (χ1v) is 8.51. The predicted molar refractivity (Wildman–Crippen MR) is 80.4 cm³/mol. The van der Waals surface area contributed by atoms with Crippen LogP contribution in [0.1, 0.15) is 12.2 Å². The van der Waals surface area contributed by atoms with Crippen molar-refractivity contribution < 1.29 is 17.6 Å². The second-order valence-corrected chi connectivity index (χ2v) is 7.36. The second-order valence-electron chi connectivity index (χ2n) is 5.13. The first-order valence-electron chi connectivity index (χ1n) is 6.69. The Morgan fingerprint density at radius 3 is 2.86 bits per heavy atom. The topological polar surface area (TPSA) is 76.4 Å². The van der Waals surface area contributed by atoms with E-state index >= 15 is 0 Å². The molecule has 21 heavy (non-hydrogen) atoms. The second kappa shape index (κ2) is 5.37. The van der Waals surface area contributed by atoms with Gasteiger partial charge in [0, 0.05) is 17.5 Å². The zero-order valence-corrected chi connectivity index (χ0v) is 12.1. The third-order valence-electron chi connectivity index (χ3n) is 3.42. The van der Waals surface area contributed by atoms with Crippen molar-refractivity contribution in [2.24, 2.45) is 0 Å². The molecule has 0 bridgehead atoms. The summed E-state index contributed by atoms with van der Waals surface area (Å²) >= 11 is 0. The van der Waals surface area contributed by atoms with Crippen molar-refractivity contribution in [1.29, 1.82) is 0 Å². The van der Waals surface area contributed by atoms with Gasteiger partial charge in [0.1, 0.15) is 11.3 Å². The van der Waals surface area contributed by atoms with E-state index in [-0.39, 0.29) is 23.5 Å². The molecule has 1 N–H and O–H groups in total. The van der Waals surface area contributed by atoms with Gasteiger partial charge < -0.3 is 9.73 Å². The zero-order chi connectivity index (χ0) is 14.9. The van der Waals surface area contributed by atoms with Crippen LogP contribution >= 0.6 is 0 Å². The number of hydrogen-bond acceptors (Lipinski definition) is 4. The van der Waals surface area contributed by atoms with Crippen LogP contribution < -0.4 is 5.32 Å².